The fraction of sp³-hybridized carbons (Fsp3) is 0.500. The van der Waals surface area contributed by atoms with Crippen LogP contribution in [0.15, 0.2) is 22.7 Å². The van der Waals surface area contributed by atoms with E-state index in [4.69, 9.17) is 5.26 Å². The zero-order valence-electron chi connectivity index (χ0n) is 11.2. The fourth-order valence-corrected chi connectivity index (χ4v) is 2.30. The quantitative estimate of drug-likeness (QED) is 0.874. The first-order valence-corrected chi connectivity index (χ1v) is 7.02. The van der Waals surface area contributed by atoms with Gasteiger partial charge >= 0.3 is 0 Å². The van der Waals surface area contributed by atoms with Gasteiger partial charge in [-0.05, 0) is 38.6 Å². The van der Waals surface area contributed by atoms with Crippen LogP contribution in [0.5, 0.6) is 0 Å². The summed E-state index contributed by atoms with van der Waals surface area (Å²) in [5.41, 5.74) is 2.46. The van der Waals surface area contributed by atoms with Crippen LogP contribution in [0, 0.1) is 11.3 Å². The van der Waals surface area contributed by atoms with Gasteiger partial charge in [-0.25, -0.2) is 0 Å². The van der Waals surface area contributed by atoms with Crippen LogP contribution < -0.4 is 10.2 Å². The lowest BCUT2D eigenvalue weighted by Gasteiger charge is -2.27. The van der Waals surface area contributed by atoms with Gasteiger partial charge in [-0.2, -0.15) is 5.26 Å². The number of rotatable bonds is 6. The van der Waals surface area contributed by atoms with Crippen molar-refractivity contribution in [1.82, 2.24) is 5.32 Å². The second-order valence-corrected chi connectivity index (χ2v) is 5.12. The molecule has 0 saturated heterocycles. The Balaban J connectivity index is 3.10. The van der Waals surface area contributed by atoms with E-state index in [1.54, 1.807) is 0 Å². The second-order valence-electron chi connectivity index (χ2n) is 4.20. The highest BCUT2D eigenvalue weighted by atomic mass is 79.9. The summed E-state index contributed by atoms with van der Waals surface area (Å²) in [5.74, 6) is 0. The first kappa shape index (κ1) is 15.0. The smallest absolute Gasteiger partial charge is 0.0640 e. The molecule has 0 aromatic heterocycles. The van der Waals surface area contributed by atoms with Gasteiger partial charge < -0.3 is 10.2 Å². The second kappa shape index (κ2) is 7.40. The minimum atomic E-state index is 0.296. The van der Waals surface area contributed by atoms with Gasteiger partial charge in [0.15, 0.2) is 0 Å². The molecule has 1 atom stereocenters. The van der Waals surface area contributed by atoms with Gasteiger partial charge in [0.25, 0.3) is 0 Å². The van der Waals surface area contributed by atoms with Crippen LogP contribution in [-0.2, 0) is 0 Å². The SMILES string of the molecule is CCN(CCC#N)c1cc(Br)ccc1C(C)NC. The van der Waals surface area contributed by atoms with Crippen molar-refractivity contribution in [3.05, 3.63) is 28.2 Å². The number of benzene rings is 1. The first-order chi connectivity index (χ1) is 8.63. The van der Waals surface area contributed by atoms with E-state index in [-0.39, 0.29) is 0 Å². The largest absolute Gasteiger partial charge is 0.370 e. The molecular formula is C14H20BrN3. The Hall–Kier alpha value is -1.05. The monoisotopic (exact) mass is 309 g/mol. The van der Waals surface area contributed by atoms with E-state index < -0.39 is 0 Å². The Bertz CT molecular complexity index is 426. The molecule has 1 aromatic carbocycles. The minimum absolute atomic E-state index is 0.296. The number of anilines is 1. The van der Waals surface area contributed by atoms with Crippen molar-refractivity contribution >= 4 is 21.6 Å². The van der Waals surface area contributed by atoms with Crippen LogP contribution in [0.2, 0.25) is 0 Å². The number of hydrogen-bond donors (Lipinski definition) is 1. The van der Waals surface area contributed by atoms with Gasteiger partial charge in [-0.15, -0.1) is 0 Å². The number of nitriles is 1. The molecule has 0 heterocycles. The number of nitrogens with zero attached hydrogens (tertiary/aromatic N) is 2. The molecule has 1 aromatic rings. The van der Waals surface area contributed by atoms with Crippen LogP contribution in [-0.4, -0.2) is 20.1 Å². The highest BCUT2D eigenvalue weighted by molar-refractivity contribution is 9.10. The molecule has 1 N–H and O–H groups in total. The van der Waals surface area contributed by atoms with Crippen LogP contribution in [0.1, 0.15) is 31.9 Å². The summed E-state index contributed by atoms with van der Waals surface area (Å²) in [6, 6.07) is 8.83. The van der Waals surface area contributed by atoms with E-state index in [2.05, 4.69) is 64.3 Å². The van der Waals surface area contributed by atoms with E-state index in [1.807, 2.05) is 7.05 Å². The van der Waals surface area contributed by atoms with Gasteiger partial charge in [0.05, 0.1) is 12.5 Å². The summed E-state index contributed by atoms with van der Waals surface area (Å²) in [4.78, 5) is 2.25. The molecule has 1 rings (SSSR count). The number of halogens is 1. The van der Waals surface area contributed by atoms with Crippen LogP contribution in [0.4, 0.5) is 5.69 Å². The normalized spacial score (nSPS) is 11.9. The molecule has 0 aliphatic rings. The van der Waals surface area contributed by atoms with E-state index in [1.165, 1.54) is 11.3 Å². The van der Waals surface area contributed by atoms with Gasteiger partial charge in [0.2, 0.25) is 0 Å². The molecule has 0 aliphatic carbocycles. The predicted octanol–water partition coefficient (Wildman–Crippen LogP) is 3.47. The molecule has 0 aliphatic heterocycles. The van der Waals surface area contributed by atoms with Gasteiger partial charge in [-0.1, -0.05) is 22.0 Å². The van der Waals surface area contributed by atoms with Crippen LogP contribution in [0.3, 0.4) is 0 Å². The zero-order valence-corrected chi connectivity index (χ0v) is 12.8. The van der Waals surface area contributed by atoms with Gasteiger partial charge in [0.1, 0.15) is 0 Å². The van der Waals surface area contributed by atoms with Crippen molar-refractivity contribution in [3.8, 4) is 6.07 Å². The molecule has 0 spiro atoms. The Morgan fingerprint density at radius 1 is 1.50 bits per heavy atom. The summed E-state index contributed by atoms with van der Waals surface area (Å²) >= 11 is 3.52. The third kappa shape index (κ3) is 3.72. The van der Waals surface area contributed by atoms with Gasteiger partial charge in [0, 0.05) is 29.3 Å². The Kier molecular flexibility index (Phi) is 6.17. The molecule has 1 unspecified atom stereocenters. The fourth-order valence-electron chi connectivity index (χ4n) is 1.95. The summed E-state index contributed by atoms with van der Waals surface area (Å²) in [7, 11) is 1.96. The minimum Gasteiger partial charge on any atom is -0.370 e. The molecule has 0 fully saturated rings. The Morgan fingerprint density at radius 2 is 2.22 bits per heavy atom. The summed E-state index contributed by atoms with van der Waals surface area (Å²) in [6.07, 6.45) is 0.549. The maximum Gasteiger partial charge on any atom is 0.0640 e. The molecule has 0 saturated carbocycles. The third-order valence-electron chi connectivity index (χ3n) is 3.11. The first-order valence-electron chi connectivity index (χ1n) is 6.22. The summed E-state index contributed by atoms with van der Waals surface area (Å²) in [6.45, 7) is 5.94. The van der Waals surface area contributed by atoms with Crippen molar-refractivity contribution in [2.75, 3.05) is 25.0 Å². The third-order valence-corrected chi connectivity index (χ3v) is 3.60. The average molecular weight is 310 g/mol. The number of nitrogens with one attached hydrogen (secondary N) is 1. The molecule has 0 amide bonds. The van der Waals surface area contributed by atoms with E-state index >= 15 is 0 Å². The van der Waals surface area contributed by atoms with Crippen molar-refractivity contribution in [2.24, 2.45) is 0 Å². The lowest BCUT2D eigenvalue weighted by Crippen LogP contribution is -2.26. The highest BCUT2D eigenvalue weighted by Gasteiger charge is 2.14. The molecule has 4 heteroatoms. The summed E-state index contributed by atoms with van der Waals surface area (Å²) in [5, 5.41) is 12.0. The molecular weight excluding hydrogens is 290 g/mol. The average Bonchev–Trinajstić information content (AvgIpc) is 2.39. The predicted molar refractivity (Wildman–Crippen MR) is 79.7 cm³/mol. The lowest BCUT2D eigenvalue weighted by molar-refractivity contribution is 0.647. The van der Waals surface area contributed by atoms with Crippen molar-refractivity contribution in [3.63, 3.8) is 0 Å². The molecule has 3 nitrogen and oxygen atoms in total. The summed E-state index contributed by atoms with van der Waals surface area (Å²) < 4.78 is 1.07. The topological polar surface area (TPSA) is 39.1 Å². The number of hydrogen-bond acceptors (Lipinski definition) is 3. The van der Waals surface area contributed by atoms with E-state index in [0.29, 0.717) is 12.5 Å². The van der Waals surface area contributed by atoms with Gasteiger partial charge in [-0.3, -0.25) is 0 Å². The van der Waals surface area contributed by atoms with Crippen molar-refractivity contribution in [2.45, 2.75) is 26.3 Å². The standard InChI is InChI=1S/C14H20BrN3/c1-4-18(9-5-8-16)14-10-12(15)6-7-13(14)11(2)17-3/h6-7,10-11,17H,4-5,9H2,1-3H3. The van der Waals surface area contributed by atoms with Crippen molar-refractivity contribution in [1.29, 1.82) is 5.26 Å². The maximum atomic E-state index is 8.74. The Morgan fingerprint density at radius 3 is 2.78 bits per heavy atom. The van der Waals surface area contributed by atoms with Crippen LogP contribution >= 0.6 is 15.9 Å². The lowest BCUT2D eigenvalue weighted by atomic mass is 10.1. The zero-order chi connectivity index (χ0) is 13.5. The molecule has 98 valence electrons. The molecule has 0 bridgehead atoms. The van der Waals surface area contributed by atoms with E-state index in [0.717, 1.165) is 17.6 Å². The van der Waals surface area contributed by atoms with E-state index in [9.17, 15) is 0 Å². The van der Waals surface area contributed by atoms with Crippen LogP contribution in [0.25, 0.3) is 0 Å². The molecule has 18 heavy (non-hydrogen) atoms. The maximum absolute atomic E-state index is 8.74. The highest BCUT2D eigenvalue weighted by Crippen LogP contribution is 2.29. The molecule has 0 radical (unpaired) electrons. The van der Waals surface area contributed by atoms with Crippen molar-refractivity contribution < 1.29 is 0 Å². The Labute approximate surface area is 118 Å².